The van der Waals surface area contributed by atoms with Gasteiger partial charge in [-0.3, -0.25) is 0 Å². The van der Waals surface area contributed by atoms with Crippen molar-refractivity contribution in [2.24, 2.45) is 0 Å². The molecule has 2 aromatic carbocycles. The summed E-state index contributed by atoms with van der Waals surface area (Å²) >= 11 is 0. The number of nitrogens with zero attached hydrogens (tertiary/aromatic N) is 2. The van der Waals surface area contributed by atoms with Gasteiger partial charge >= 0.3 is 28.1 Å². The van der Waals surface area contributed by atoms with Gasteiger partial charge in [0.25, 0.3) is 0 Å². The van der Waals surface area contributed by atoms with Crippen molar-refractivity contribution >= 4 is 20.0 Å². The molecule has 15 heteroatoms. The van der Waals surface area contributed by atoms with E-state index >= 15 is 0 Å². The van der Waals surface area contributed by atoms with E-state index in [1.807, 2.05) is 30.3 Å². The Balaban J connectivity index is 0. The van der Waals surface area contributed by atoms with Gasteiger partial charge in [-0.1, -0.05) is 58.3 Å². The summed E-state index contributed by atoms with van der Waals surface area (Å²) in [6.45, 7) is 4.77. The van der Waals surface area contributed by atoms with E-state index in [2.05, 4.69) is 45.3 Å². The zero-order valence-electron chi connectivity index (χ0n) is 24.1. The quantitative estimate of drug-likeness (QED) is 0.0618. The molecule has 0 bridgehead atoms. The van der Waals surface area contributed by atoms with Crippen LogP contribution >= 0.6 is 0 Å². The molecule has 0 aliphatic carbocycles. The average Bonchev–Trinajstić information content (AvgIpc) is 3.55. The third kappa shape index (κ3) is 19.7. The topological polar surface area (TPSA) is 82.4 Å². The van der Waals surface area contributed by atoms with Gasteiger partial charge in [0.05, 0.1) is 27.2 Å². The minimum absolute atomic E-state index is 0. The van der Waals surface area contributed by atoms with Gasteiger partial charge < -0.3 is 8.61 Å². The molecule has 0 fully saturated rings. The third-order valence-corrected chi connectivity index (χ3v) is 8.54. The van der Waals surface area contributed by atoms with Crippen molar-refractivity contribution in [2.45, 2.75) is 88.7 Å². The molecule has 0 N–H and O–H groups in total. The molecule has 0 spiro atoms. The number of quaternary nitrogens is 1. The van der Waals surface area contributed by atoms with Crippen LogP contribution in [0.3, 0.4) is 0 Å². The van der Waals surface area contributed by atoms with E-state index in [1.54, 1.807) is 0 Å². The first-order valence-corrected chi connectivity index (χ1v) is 16.3. The van der Waals surface area contributed by atoms with Gasteiger partial charge in [0, 0.05) is 0 Å². The Bertz CT molecular complexity index is 1060. The van der Waals surface area contributed by atoms with Crippen LogP contribution in [0.1, 0.15) is 76.7 Å². The molecular weight excluding hydrogens is 650 g/mol. The summed E-state index contributed by atoms with van der Waals surface area (Å²) < 4.78 is 110. The van der Waals surface area contributed by atoms with Gasteiger partial charge in [-0.15, -0.1) is 5.56 Å². The second kappa shape index (κ2) is 20.6. The van der Waals surface area contributed by atoms with Crippen molar-refractivity contribution in [3.8, 4) is 0 Å². The standard InChI is InChI=1S/C20H37N.C5H5.C2F6NO4S2.Fe/c1-4-5-6-7-8-9-10-11-12-15-18-21(2,3)19-20-16-13-14-17-20;1-2-4-5-3-1;3-1(4,5)14(10,11)9-15(12,13)2(6,7)8;/h13-14,16-17H,4-12,15,18-19H2,1-3H3;1-5H;;/q;2*-1;+2. The van der Waals surface area contributed by atoms with Crippen molar-refractivity contribution in [2.75, 3.05) is 20.6 Å². The second-order valence-corrected chi connectivity index (χ2v) is 13.6. The number of rotatable bonds is 15. The molecule has 2 aromatic rings. The fourth-order valence-corrected chi connectivity index (χ4v) is 5.36. The van der Waals surface area contributed by atoms with Crippen LogP contribution in [0.25, 0.3) is 4.13 Å². The van der Waals surface area contributed by atoms with Gasteiger partial charge in [-0.25, -0.2) is 35.0 Å². The van der Waals surface area contributed by atoms with Crippen LogP contribution in [-0.4, -0.2) is 53.0 Å². The minimum Gasteiger partial charge on any atom is -0.421 e. The Hall–Kier alpha value is -1.38. The molecule has 0 aliphatic heterocycles. The fourth-order valence-electron chi connectivity index (χ4n) is 3.65. The monoisotopic (exact) mass is 692 g/mol. The average molecular weight is 693 g/mol. The molecular formula is C27H42F6FeN2O4S2. The van der Waals surface area contributed by atoms with E-state index in [-0.39, 0.29) is 17.1 Å². The second-order valence-electron chi connectivity index (χ2n) is 10.2. The summed E-state index contributed by atoms with van der Waals surface area (Å²) in [6.07, 6.45) is 14.3. The Labute approximate surface area is 257 Å². The van der Waals surface area contributed by atoms with E-state index in [0.717, 1.165) is 8.61 Å². The van der Waals surface area contributed by atoms with Crippen molar-refractivity contribution in [3.05, 3.63) is 64.3 Å². The van der Waals surface area contributed by atoms with Crippen LogP contribution in [0.5, 0.6) is 0 Å². The van der Waals surface area contributed by atoms with E-state index in [4.69, 9.17) is 0 Å². The molecule has 2 rings (SSSR count). The number of halogens is 6. The molecule has 0 radical (unpaired) electrons. The first-order valence-electron chi connectivity index (χ1n) is 13.4. The van der Waals surface area contributed by atoms with E-state index in [0.29, 0.717) is 0 Å². The van der Waals surface area contributed by atoms with Crippen LogP contribution in [0.2, 0.25) is 0 Å². The van der Waals surface area contributed by atoms with Crippen molar-refractivity contribution in [1.29, 1.82) is 0 Å². The van der Waals surface area contributed by atoms with Crippen molar-refractivity contribution in [1.82, 2.24) is 0 Å². The van der Waals surface area contributed by atoms with E-state index in [1.165, 1.54) is 82.9 Å². The number of unbranched alkanes of at least 4 members (excludes halogenated alkanes) is 9. The molecule has 0 unspecified atom stereocenters. The summed E-state index contributed by atoms with van der Waals surface area (Å²) in [5.74, 6) is 0. The molecule has 42 heavy (non-hydrogen) atoms. The fraction of sp³-hybridized carbons (Fsp3) is 0.630. The minimum atomic E-state index is -6.72. The van der Waals surface area contributed by atoms with Crippen LogP contribution in [0.15, 0.2) is 54.6 Å². The first kappa shape index (κ1) is 42.8. The van der Waals surface area contributed by atoms with E-state index < -0.39 is 31.1 Å². The predicted molar refractivity (Wildman–Crippen MR) is 150 cm³/mol. The number of sulfonamides is 2. The van der Waals surface area contributed by atoms with Crippen LogP contribution in [-0.2, 0) is 43.7 Å². The van der Waals surface area contributed by atoms with Gasteiger partial charge in [0.1, 0.15) is 0 Å². The van der Waals surface area contributed by atoms with Crippen molar-refractivity contribution in [3.63, 3.8) is 0 Å². The van der Waals surface area contributed by atoms with Crippen LogP contribution in [0.4, 0.5) is 26.3 Å². The molecule has 0 aromatic heterocycles. The number of hydrogen-bond donors (Lipinski definition) is 0. The first-order chi connectivity index (χ1) is 18.8. The summed E-state index contributed by atoms with van der Waals surface area (Å²) in [6, 6.07) is 18.8. The summed E-state index contributed by atoms with van der Waals surface area (Å²) in [7, 11) is -8.72. The molecule has 0 heterocycles. The van der Waals surface area contributed by atoms with Gasteiger partial charge in [-0.2, -0.15) is 62.7 Å². The van der Waals surface area contributed by atoms with Crippen molar-refractivity contribution < 1.29 is 64.7 Å². The summed E-state index contributed by atoms with van der Waals surface area (Å²) in [4.78, 5) is 0. The normalized spacial score (nSPS) is 12.4. The summed E-state index contributed by atoms with van der Waals surface area (Å²) in [5, 5.41) is 0. The molecule has 0 saturated heterocycles. The summed E-state index contributed by atoms with van der Waals surface area (Å²) in [5.41, 5.74) is -10.9. The number of hydrogen-bond acceptors (Lipinski definition) is 4. The van der Waals surface area contributed by atoms with E-state index in [9.17, 15) is 43.2 Å². The molecule has 0 aliphatic rings. The largest absolute Gasteiger partial charge is 2.00 e. The molecule has 0 amide bonds. The Morgan fingerprint density at radius 2 is 1.14 bits per heavy atom. The maximum Gasteiger partial charge on any atom is 2.00 e. The molecule has 6 nitrogen and oxygen atoms in total. The Morgan fingerprint density at radius 1 is 0.714 bits per heavy atom. The zero-order chi connectivity index (χ0) is 31.6. The maximum atomic E-state index is 11.4. The Kier molecular flexibility index (Phi) is 20.9. The molecule has 0 saturated carbocycles. The number of alkyl halides is 6. The third-order valence-electron chi connectivity index (χ3n) is 5.80. The van der Waals surface area contributed by atoms with Crippen LogP contribution in [0, 0.1) is 0 Å². The predicted octanol–water partition coefficient (Wildman–Crippen LogP) is 8.37. The molecule has 0 atom stereocenters. The van der Waals surface area contributed by atoms with Crippen LogP contribution < -0.4 is 0 Å². The Morgan fingerprint density at radius 3 is 1.48 bits per heavy atom. The van der Waals surface area contributed by atoms with Gasteiger partial charge in [0.15, 0.2) is 20.0 Å². The molecule has 246 valence electrons. The SMILES string of the molecule is CCCCCCCCCCCC[N+](C)(C)Cc1cc[cH-]c1.O=S(=O)([N-]S(=O)(=O)C(F)(F)F)C(F)(F)F.[Fe+2].c1cc[cH-]c1. The smallest absolute Gasteiger partial charge is 0.421 e. The van der Waals surface area contributed by atoms with Gasteiger partial charge in [0.2, 0.25) is 0 Å². The maximum absolute atomic E-state index is 11.4. The zero-order valence-corrected chi connectivity index (χ0v) is 26.9. The van der Waals surface area contributed by atoms with Gasteiger partial charge in [-0.05, 0) is 12.8 Å².